The number of nitrogens with zero attached hydrogens (tertiary/aromatic N) is 1. The minimum Gasteiger partial charge on any atom is -0.398 e. The van der Waals surface area contributed by atoms with Crippen molar-refractivity contribution < 1.29 is 4.79 Å². The van der Waals surface area contributed by atoms with Gasteiger partial charge in [-0.05, 0) is 38.6 Å². The zero-order valence-corrected chi connectivity index (χ0v) is 12.2. The molecular formula is C15H25N3O. The van der Waals surface area contributed by atoms with E-state index in [4.69, 9.17) is 5.73 Å². The molecule has 4 heteroatoms. The van der Waals surface area contributed by atoms with Crippen LogP contribution in [0, 0.1) is 6.92 Å². The van der Waals surface area contributed by atoms with Crippen LogP contribution in [0.15, 0.2) is 18.2 Å². The lowest BCUT2D eigenvalue weighted by molar-refractivity contribution is 0.0949. The van der Waals surface area contributed by atoms with Gasteiger partial charge in [0.15, 0.2) is 0 Å². The van der Waals surface area contributed by atoms with Gasteiger partial charge in [0.1, 0.15) is 0 Å². The summed E-state index contributed by atoms with van der Waals surface area (Å²) >= 11 is 0. The number of carbonyl (C=O) groups is 1. The number of amides is 1. The first-order valence-electron chi connectivity index (χ1n) is 6.95. The first kappa shape index (κ1) is 15.5. The molecule has 1 aromatic carbocycles. The number of hydrogen-bond donors (Lipinski definition) is 2. The van der Waals surface area contributed by atoms with Crippen LogP contribution < -0.4 is 11.1 Å². The number of likely N-dealkylation sites (N-methyl/N-ethyl adjacent to an activating group) is 1. The average molecular weight is 263 g/mol. The highest BCUT2D eigenvalue weighted by molar-refractivity contribution is 5.99. The van der Waals surface area contributed by atoms with Gasteiger partial charge >= 0.3 is 0 Å². The molecule has 0 bridgehead atoms. The van der Waals surface area contributed by atoms with Gasteiger partial charge in [-0.25, -0.2) is 0 Å². The molecule has 0 aliphatic rings. The van der Waals surface area contributed by atoms with Gasteiger partial charge in [0.05, 0.1) is 5.56 Å². The van der Waals surface area contributed by atoms with E-state index in [1.54, 1.807) is 6.07 Å². The monoisotopic (exact) mass is 263 g/mol. The fourth-order valence-corrected chi connectivity index (χ4v) is 2.03. The lowest BCUT2D eigenvalue weighted by atomic mass is 10.1. The fourth-order valence-electron chi connectivity index (χ4n) is 2.03. The minimum absolute atomic E-state index is 0.0891. The van der Waals surface area contributed by atoms with Crippen LogP contribution >= 0.6 is 0 Å². The smallest absolute Gasteiger partial charge is 0.253 e. The van der Waals surface area contributed by atoms with E-state index in [0.717, 1.165) is 31.6 Å². The lowest BCUT2D eigenvalue weighted by Gasteiger charge is -2.19. The van der Waals surface area contributed by atoms with Crippen LogP contribution in [0.25, 0.3) is 0 Å². The molecule has 0 aliphatic heterocycles. The van der Waals surface area contributed by atoms with Crippen molar-refractivity contribution in [3.8, 4) is 0 Å². The quantitative estimate of drug-likeness (QED) is 0.740. The van der Waals surface area contributed by atoms with E-state index in [1.807, 2.05) is 19.1 Å². The predicted octanol–water partition coefficient (Wildman–Crippen LogP) is 2.04. The van der Waals surface area contributed by atoms with E-state index in [0.29, 0.717) is 17.8 Å². The van der Waals surface area contributed by atoms with Crippen molar-refractivity contribution in [2.45, 2.75) is 27.2 Å². The number of anilines is 1. The van der Waals surface area contributed by atoms with E-state index in [-0.39, 0.29) is 5.91 Å². The molecule has 0 saturated heterocycles. The molecule has 106 valence electrons. The maximum absolute atomic E-state index is 12.0. The number of benzene rings is 1. The van der Waals surface area contributed by atoms with Gasteiger partial charge in [0.2, 0.25) is 0 Å². The van der Waals surface area contributed by atoms with E-state index < -0.39 is 0 Å². The van der Waals surface area contributed by atoms with Crippen LogP contribution in [-0.2, 0) is 0 Å². The third-order valence-electron chi connectivity index (χ3n) is 3.15. The summed E-state index contributed by atoms with van der Waals surface area (Å²) in [5.41, 5.74) is 7.97. The van der Waals surface area contributed by atoms with E-state index in [2.05, 4.69) is 24.1 Å². The van der Waals surface area contributed by atoms with Crippen LogP contribution in [0.2, 0.25) is 0 Å². The molecule has 4 nitrogen and oxygen atoms in total. The molecule has 1 amide bonds. The Bertz CT molecular complexity index is 418. The van der Waals surface area contributed by atoms with E-state index in [1.165, 1.54) is 0 Å². The Balaban J connectivity index is 2.49. The topological polar surface area (TPSA) is 58.4 Å². The molecular weight excluding hydrogens is 238 g/mol. The van der Waals surface area contributed by atoms with Gasteiger partial charge in [-0.1, -0.05) is 25.5 Å². The Morgan fingerprint density at radius 1 is 1.32 bits per heavy atom. The summed E-state index contributed by atoms with van der Waals surface area (Å²) in [7, 11) is 0. The summed E-state index contributed by atoms with van der Waals surface area (Å²) in [6.07, 6.45) is 1.13. The highest BCUT2D eigenvalue weighted by atomic mass is 16.1. The van der Waals surface area contributed by atoms with Crippen LogP contribution in [-0.4, -0.2) is 37.0 Å². The second-order valence-electron chi connectivity index (χ2n) is 4.78. The summed E-state index contributed by atoms with van der Waals surface area (Å²) in [6.45, 7) is 9.86. The van der Waals surface area contributed by atoms with Gasteiger partial charge in [-0.3, -0.25) is 4.79 Å². The standard InChI is InChI=1S/C15H25N3O/c1-4-9-18(5-2)10-8-17-15(19)13-11-12(3)6-7-14(13)16/h6-7,11H,4-5,8-10,16H2,1-3H3,(H,17,19). The molecule has 0 spiro atoms. The summed E-state index contributed by atoms with van der Waals surface area (Å²) in [4.78, 5) is 14.4. The molecule has 0 atom stereocenters. The molecule has 0 aromatic heterocycles. The van der Waals surface area contributed by atoms with Gasteiger partial charge in [-0.15, -0.1) is 0 Å². The molecule has 19 heavy (non-hydrogen) atoms. The van der Waals surface area contributed by atoms with Crippen molar-refractivity contribution in [1.82, 2.24) is 10.2 Å². The van der Waals surface area contributed by atoms with Crippen molar-refractivity contribution in [2.75, 3.05) is 31.9 Å². The van der Waals surface area contributed by atoms with Crippen LogP contribution in [0.3, 0.4) is 0 Å². The maximum Gasteiger partial charge on any atom is 0.253 e. The first-order valence-corrected chi connectivity index (χ1v) is 6.95. The number of nitrogen functional groups attached to an aromatic ring is 1. The number of nitrogens with one attached hydrogen (secondary N) is 1. The van der Waals surface area contributed by atoms with Gasteiger partial charge in [0.25, 0.3) is 5.91 Å². The largest absolute Gasteiger partial charge is 0.398 e. The second kappa shape index (κ2) is 7.79. The number of rotatable bonds is 7. The lowest BCUT2D eigenvalue weighted by Crippen LogP contribution is -2.35. The summed E-state index contributed by atoms with van der Waals surface area (Å²) < 4.78 is 0. The van der Waals surface area contributed by atoms with Crippen molar-refractivity contribution in [2.24, 2.45) is 0 Å². The second-order valence-corrected chi connectivity index (χ2v) is 4.78. The maximum atomic E-state index is 12.0. The van der Waals surface area contributed by atoms with E-state index >= 15 is 0 Å². The van der Waals surface area contributed by atoms with Crippen molar-refractivity contribution in [1.29, 1.82) is 0 Å². The van der Waals surface area contributed by atoms with Gasteiger partial charge in [0, 0.05) is 18.8 Å². The third-order valence-corrected chi connectivity index (χ3v) is 3.15. The van der Waals surface area contributed by atoms with Crippen LogP contribution in [0.4, 0.5) is 5.69 Å². The van der Waals surface area contributed by atoms with Crippen molar-refractivity contribution in [3.05, 3.63) is 29.3 Å². The fraction of sp³-hybridized carbons (Fsp3) is 0.533. The third kappa shape index (κ3) is 4.91. The van der Waals surface area contributed by atoms with Gasteiger partial charge < -0.3 is 16.0 Å². The normalized spacial score (nSPS) is 10.7. The van der Waals surface area contributed by atoms with Gasteiger partial charge in [-0.2, -0.15) is 0 Å². The highest BCUT2D eigenvalue weighted by Gasteiger charge is 2.09. The Morgan fingerprint density at radius 3 is 2.68 bits per heavy atom. The van der Waals surface area contributed by atoms with E-state index in [9.17, 15) is 4.79 Å². The number of carbonyl (C=O) groups excluding carboxylic acids is 1. The Kier molecular flexibility index (Phi) is 6.36. The minimum atomic E-state index is -0.0891. The zero-order chi connectivity index (χ0) is 14.3. The highest BCUT2D eigenvalue weighted by Crippen LogP contribution is 2.13. The molecule has 0 aliphatic carbocycles. The van der Waals surface area contributed by atoms with Crippen molar-refractivity contribution in [3.63, 3.8) is 0 Å². The summed E-state index contributed by atoms with van der Waals surface area (Å²) in [6, 6.07) is 5.51. The van der Waals surface area contributed by atoms with Crippen molar-refractivity contribution >= 4 is 11.6 Å². The molecule has 3 N–H and O–H groups in total. The van der Waals surface area contributed by atoms with Crippen LogP contribution in [0.5, 0.6) is 0 Å². The summed E-state index contributed by atoms with van der Waals surface area (Å²) in [5.74, 6) is -0.0891. The predicted molar refractivity (Wildman–Crippen MR) is 80.3 cm³/mol. The van der Waals surface area contributed by atoms with Crippen LogP contribution in [0.1, 0.15) is 36.2 Å². The summed E-state index contributed by atoms with van der Waals surface area (Å²) in [5, 5.41) is 2.93. The molecule has 0 unspecified atom stereocenters. The molecule has 1 rings (SSSR count). The molecule has 1 aromatic rings. The zero-order valence-electron chi connectivity index (χ0n) is 12.2. The first-order chi connectivity index (χ1) is 9.08. The Morgan fingerprint density at radius 2 is 2.05 bits per heavy atom. The SMILES string of the molecule is CCCN(CC)CCNC(=O)c1cc(C)ccc1N. The number of hydrogen-bond acceptors (Lipinski definition) is 3. The Labute approximate surface area is 116 Å². The molecule has 0 heterocycles. The molecule has 0 radical (unpaired) electrons. The number of nitrogens with two attached hydrogens (primary N) is 1. The molecule has 0 fully saturated rings. The average Bonchev–Trinajstić information content (AvgIpc) is 2.40. The Hall–Kier alpha value is -1.55. The number of aryl methyl sites for hydroxylation is 1. The molecule has 0 saturated carbocycles.